The molecule has 1 saturated carbocycles. The lowest BCUT2D eigenvalue weighted by atomic mass is 9.77. The summed E-state index contributed by atoms with van der Waals surface area (Å²) >= 11 is 6.51. The average Bonchev–Trinajstić information content (AvgIpc) is 3.65. The maximum absolute atomic E-state index is 13.8. The second-order valence-electron chi connectivity index (χ2n) is 14.0. The standard InChI is InChI=1S/C39H44ClN5O6/c1-39(2,3)51-38(49)41-22-25-7-11-27(12-8-25)34(46)21-30(36(47)44-31-16-13-28(14-17-31)35-42-23-43-45-35)19-24-5-9-26(10-6-24)32-18-15-29(20-33(32)40)37(48)50-4/h5-6,9-10,13-18,20,25,27,30H,7-8,11-12,19,21-23H2,1-4H3,(H,41,49)(H,44,47)/t25?,27?,30-/m1/s1. The van der Waals surface area contributed by atoms with Gasteiger partial charge >= 0.3 is 12.1 Å². The van der Waals surface area contributed by atoms with Crippen molar-refractivity contribution in [2.75, 3.05) is 25.6 Å². The zero-order valence-electron chi connectivity index (χ0n) is 29.4. The summed E-state index contributed by atoms with van der Waals surface area (Å²) in [6.45, 7) is 6.29. The largest absolute Gasteiger partial charge is 0.465 e. The van der Waals surface area contributed by atoms with E-state index in [1.54, 1.807) is 30.3 Å². The first-order valence-corrected chi connectivity index (χ1v) is 17.6. The van der Waals surface area contributed by atoms with Crippen LogP contribution in [0.4, 0.5) is 10.5 Å². The number of nitrogens with one attached hydrogen (secondary N) is 2. The first-order chi connectivity index (χ1) is 24.4. The van der Waals surface area contributed by atoms with Crippen molar-refractivity contribution in [1.82, 2.24) is 5.32 Å². The fourth-order valence-electron chi connectivity index (χ4n) is 6.32. The quantitative estimate of drug-likeness (QED) is 0.182. The number of amides is 2. The average molecular weight is 714 g/mol. The number of rotatable bonds is 12. The summed E-state index contributed by atoms with van der Waals surface area (Å²) in [6.07, 6.45) is 3.07. The van der Waals surface area contributed by atoms with E-state index in [1.165, 1.54) is 7.11 Å². The van der Waals surface area contributed by atoms with Gasteiger partial charge in [0.2, 0.25) is 5.91 Å². The predicted octanol–water partition coefficient (Wildman–Crippen LogP) is 8.05. The third kappa shape index (κ3) is 10.6. The summed E-state index contributed by atoms with van der Waals surface area (Å²) in [5.74, 6) is -0.564. The van der Waals surface area contributed by atoms with Gasteiger partial charge in [0.25, 0.3) is 0 Å². The second-order valence-corrected chi connectivity index (χ2v) is 14.4. The van der Waals surface area contributed by atoms with Crippen LogP contribution >= 0.6 is 11.6 Å². The number of carbonyl (C=O) groups is 4. The number of esters is 1. The monoisotopic (exact) mass is 713 g/mol. The Kier molecular flexibility index (Phi) is 12.4. The Balaban J connectivity index is 1.25. The molecule has 0 aromatic heterocycles. The summed E-state index contributed by atoms with van der Waals surface area (Å²) in [4.78, 5) is 55.8. The van der Waals surface area contributed by atoms with Gasteiger partial charge in [-0.3, -0.25) is 9.59 Å². The van der Waals surface area contributed by atoms with Crippen LogP contribution in [0.25, 0.3) is 11.1 Å². The molecule has 0 radical (unpaired) electrons. The highest BCUT2D eigenvalue weighted by atomic mass is 35.5. The molecule has 3 aromatic rings. The molecular weight excluding hydrogens is 670 g/mol. The van der Waals surface area contributed by atoms with Crippen molar-refractivity contribution >= 4 is 46.9 Å². The SMILES string of the molecule is COC(=O)c1ccc(-c2ccc(C[C@H](CC(=O)C3CCC(CNC(=O)OC(C)(C)C)CC3)C(=O)Nc3ccc(C4=NCN=N4)cc3)cc2)c(Cl)c1. The van der Waals surface area contributed by atoms with Crippen LogP contribution in [-0.2, 0) is 25.5 Å². The highest BCUT2D eigenvalue weighted by Crippen LogP contribution is 2.33. The molecule has 0 unspecified atom stereocenters. The molecule has 1 atom stereocenters. The summed E-state index contributed by atoms with van der Waals surface area (Å²) in [5.41, 5.74) is 3.71. The van der Waals surface area contributed by atoms with Crippen molar-refractivity contribution in [1.29, 1.82) is 0 Å². The number of Topliss-reactive ketones (excluding diaryl/α,β-unsaturated/α-hetero) is 1. The van der Waals surface area contributed by atoms with Gasteiger partial charge < -0.3 is 20.1 Å². The van der Waals surface area contributed by atoms with Crippen molar-refractivity contribution in [2.45, 2.75) is 64.9 Å². The van der Waals surface area contributed by atoms with Crippen molar-refractivity contribution < 1.29 is 28.7 Å². The third-order valence-corrected chi connectivity index (χ3v) is 9.36. The Morgan fingerprint density at radius 2 is 1.61 bits per heavy atom. The highest BCUT2D eigenvalue weighted by Gasteiger charge is 2.31. The number of ketones is 1. The lowest BCUT2D eigenvalue weighted by molar-refractivity contribution is -0.129. The first kappa shape index (κ1) is 37.4. The number of azo groups is 1. The number of alkyl carbamates (subject to hydrolysis) is 1. The summed E-state index contributed by atoms with van der Waals surface area (Å²) in [5, 5.41) is 14.2. The van der Waals surface area contributed by atoms with Crippen LogP contribution in [0.3, 0.4) is 0 Å². The molecule has 0 bridgehead atoms. The molecule has 5 rings (SSSR count). The summed E-state index contributed by atoms with van der Waals surface area (Å²) in [7, 11) is 1.32. The number of hydrogen-bond donors (Lipinski definition) is 2. The minimum atomic E-state index is -0.606. The molecule has 268 valence electrons. The van der Waals surface area contributed by atoms with Gasteiger partial charge in [0.05, 0.1) is 12.7 Å². The highest BCUT2D eigenvalue weighted by molar-refractivity contribution is 6.33. The molecule has 11 nitrogen and oxygen atoms in total. The number of benzene rings is 3. The van der Waals surface area contributed by atoms with Crippen LogP contribution in [0.2, 0.25) is 5.02 Å². The van der Waals surface area contributed by atoms with E-state index in [0.717, 1.165) is 35.1 Å². The Morgan fingerprint density at radius 3 is 2.22 bits per heavy atom. The van der Waals surface area contributed by atoms with E-state index in [0.29, 0.717) is 54.6 Å². The van der Waals surface area contributed by atoms with Gasteiger partial charge in [-0.2, -0.15) is 5.11 Å². The Hall–Kier alpha value is -4.90. The van der Waals surface area contributed by atoms with E-state index in [2.05, 4.69) is 25.9 Å². The molecule has 3 aromatic carbocycles. The normalized spacial score (nSPS) is 17.6. The number of anilines is 1. The lowest BCUT2D eigenvalue weighted by Gasteiger charge is -2.29. The van der Waals surface area contributed by atoms with E-state index >= 15 is 0 Å². The molecule has 51 heavy (non-hydrogen) atoms. The van der Waals surface area contributed by atoms with Crippen LogP contribution < -0.4 is 10.6 Å². The van der Waals surface area contributed by atoms with Gasteiger partial charge in [-0.15, -0.1) is 5.11 Å². The molecule has 1 aliphatic carbocycles. The molecule has 1 heterocycles. The van der Waals surface area contributed by atoms with Crippen molar-refractivity contribution in [3.8, 4) is 11.1 Å². The van der Waals surface area contributed by atoms with Gasteiger partial charge in [-0.1, -0.05) is 41.9 Å². The number of amidine groups is 1. The van der Waals surface area contributed by atoms with Crippen molar-refractivity contribution in [3.05, 3.63) is 88.4 Å². The summed E-state index contributed by atoms with van der Waals surface area (Å²) in [6, 6.07) is 19.9. The number of aliphatic imine (C=N–C) groups is 1. The molecule has 2 amide bonds. The Labute approximate surface area is 303 Å². The number of ether oxygens (including phenoxy) is 2. The van der Waals surface area contributed by atoms with E-state index in [4.69, 9.17) is 21.1 Å². The number of nitrogens with zero attached hydrogens (tertiary/aromatic N) is 3. The second kappa shape index (κ2) is 16.9. The molecule has 12 heteroatoms. The van der Waals surface area contributed by atoms with Gasteiger partial charge in [0.1, 0.15) is 11.4 Å². The summed E-state index contributed by atoms with van der Waals surface area (Å²) < 4.78 is 10.1. The molecule has 2 N–H and O–H groups in total. The van der Waals surface area contributed by atoms with Crippen LogP contribution in [-0.4, -0.2) is 55.5 Å². The zero-order valence-corrected chi connectivity index (χ0v) is 30.2. The topological polar surface area (TPSA) is 148 Å². The number of hydrogen-bond acceptors (Lipinski definition) is 9. The van der Waals surface area contributed by atoms with Gasteiger partial charge in [-0.05, 0) is 106 Å². The fourth-order valence-corrected chi connectivity index (χ4v) is 6.61. The van der Waals surface area contributed by atoms with Crippen LogP contribution in [0, 0.1) is 17.8 Å². The molecular formula is C39H44ClN5O6. The molecule has 0 saturated heterocycles. The van der Waals surface area contributed by atoms with Crippen LogP contribution in [0.5, 0.6) is 0 Å². The lowest BCUT2D eigenvalue weighted by Crippen LogP contribution is -2.37. The third-order valence-electron chi connectivity index (χ3n) is 9.05. The van der Waals surface area contributed by atoms with Gasteiger partial charge in [0, 0.05) is 46.6 Å². The fraction of sp³-hybridized carbons (Fsp3) is 0.410. The molecule has 2 aliphatic rings. The van der Waals surface area contributed by atoms with E-state index in [-0.39, 0.29) is 29.9 Å². The Bertz CT molecular complexity index is 1790. The molecule has 1 fully saturated rings. The maximum atomic E-state index is 13.8. The van der Waals surface area contributed by atoms with Crippen molar-refractivity contribution in [2.24, 2.45) is 33.0 Å². The minimum absolute atomic E-state index is 0.0720. The zero-order chi connectivity index (χ0) is 36.5. The van der Waals surface area contributed by atoms with Crippen molar-refractivity contribution in [3.63, 3.8) is 0 Å². The van der Waals surface area contributed by atoms with Crippen LogP contribution in [0.1, 0.15) is 74.4 Å². The molecule has 0 spiro atoms. The number of halogens is 1. The molecule has 1 aliphatic heterocycles. The van der Waals surface area contributed by atoms with E-state index in [1.807, 2.05) is 57.2 Å². The van der Waals surface area contributed by atoms with E-state index < -0.39 is 23.6 Å². The first-order valence-electron chi connectivity index (χ1n) is 17.2. The Morgan fingerprint density at radius 1 is 0.922 bits per heavy atom. The minimum Gasteiger partial charge on any atom is -0.465 e. The van der Waals surface area contributed by atoms with Gasteiger partial charge in [0.15, 0.2) is 12.5 Å². The smallest absolute Gasteiger partial charge is 0.407 e. The number of carbonyl (C=O) groups excluding carboxylic acids is 4. The van der Waals surface area contributed by atoms with Crippen LogP contribution in [0.15, 0.2) is 82.0 Å². The number of methoxy groups -OCH3 is 1. The predicted molar refractivity (Wildman–Crippen MR) is 196 cm³/mol. The maximum Gasteiger partial charge on any atom is 0.407 e. The van der Waals surface area contributed by atoms with Gasteiger partial charge in [-0.25, -0.2) is 14.6 Å². The van der Waals surface area contributed by atoms with E-state index in [9.17, 15) is 19.2 Å².